The molecule has 0 saturated carbocycles. The van der Waals surface area contributed by atoms with Crippen LogP contribution >= 0.6 is 0 Å². The van der Waals surface area contributed by atoms with Gasteiger partial charge in [-0.15, -0.1) is 0 Å². The summed E-state index contributed by atoms with van der Waals surface area (Å²) in [6.07, 6.45) is 0. The quantitative estimate of drug-likeness (QED) is 0.760. The number of ether oxygens (including phenoxy) is 1. The van der Waals surface area contributed by atoms with Crippen LogP contribution in [-0.2, 0) is 4.79 Å². The standard InChI is InChI=1S/C13H18F2N2O3/c1-17(2)8-7-16-11(12(18)19)9-3-5-10(6-4-9)20-13(14)15/h3-6,11,13,16H,7-8H2,1-2H3,(H,18,19). The topological polar surface area (TPSA) is 61.8 Å². The maximum atomic E-state index is 12.0. The number of rotatable bonds is 8. The van der Waals surface area contributed by atoms with Crippen LogP contribution in [0, 0.1) is 0 Å². The van der Waals surface area contributed by atoms with Crippen LogP contribution in [0.25, 0.3) is 0 Å². The fourth-order valence-corrected chi connectivity index (χ4v) is 1.62. The van der Waals surface area contributed by atoms with Crippen LogP contribution in [0.4, 0.5) is 8.78 Å². The molecule has 5 nitrogen and oxygen atoms in total. The highest BCUT2D eigenvalue weighted by molar-refractivity contribution is 5.75. The van der Waals surface area contributed by atoms with Crippen molar-refractivity contribution in [1.82, 2.24) is 10.2 Å². The summed E-state index contributed by atoms with van der Waals surface area (Å²) in [5.74, 6) is -1.02. The van der Waals surface area contributed by atoms with Crippen LogP contribution in [0.15, 0.2) is 24.3 Å². The lowest BCUT2D eigenvalue weighted by molar-refractivity contribution is -0.139. The number of nitrogens with zero attached hydrogens (tertiary/aromatic N) is 1. The van der Waals surface area contributed by atoms with Gasteiger partial charge in [-0.2, -0.15) is 8.78 Å². The van der Waals surface area contributed by atoms with E-state index in [1.54, 1.807) is 0 Å². The van der Waals surface area contributed by atoms with Gasteiger partial charge in [-0.05, 0) is 31.8 Å². The molecule has 0 saturated heterocycles. The van der Waals surface area contributed by atoms with Crippen LogP contribution in [-0.4, -0.2) is 49.8 Å². The molecule has 1 aromatic carbocycles. The Kier molecular flexibility index (Phi) is 6.33. The Bertz CT molecular complexity index is 424. The van der Waals surface area contributed by atoms with E-state index in [4.69, 9.17) is 0 Å². The number of aliphatic carboxylic acids is 1. The molecule has 0 heterocycles. The second kappa shape index (κ2) is 7.76. The van der Waals surface area contributed by atoms with Crippen LogP contribution < -0.4 is 10.1 Å². The Labute approximate surface area is 116 Å². The minimum atomic E-state index is -2.89. The van der Waals surface area contributed by atoms with E-state index in [1.807, 2.05) is 19.0 Å². The zero-order chi connectivity index (χ0) is 15.1. The summed E-state index contributed by atoms with van der Waals surface area (Å²) in [5.41, 5.74) is 0.484. The van der Waals surface area contributed by atoms with Gasteiger partial charge in [-0.3, -0.25) is 10.1 Å². The number of carboxylic acids is 1. The zero-order valence-electron chi connectivity index (χ0n) is 11.3. The minimum absolute atomic E-state index is 0.00109. The first-order valence-electron chi connectivity index (χ1n) is 6.06. The monoisotopic (exact) mass is 288 g/mol. The van der Waals surface area contributed by atoms with Gasteiger partial charge >= 0.3 is 12.6 Å². The first kappa shape index (κ1) is 16.3. The summed E-state index contributed by atoms with van der Waals surface area (Å²) in [6, 6.07) is 4.68. The van der Waals surface area contributed by atoms with E-state index >= 15 is 0 Å². The van der Waals surface area contributed by atoms with Gasteiger partial charge in [0, 0.05) is 13.1 Å². The van der Waals surface area contributed by atoms with Crippen molar-refractivity contribution in [3.63, 3.8) is 0 Å². The fourth-order valence-electron chi connectivity index (χ4n) is 1.62. The number of nitrogens with one attached hydrogen (secondary N) is 1. The van der Waals surface area contributed by atoms with Crippen LogP contribution in [0.2, 0.25) is 0 Å². The summed E-state index contributed by atoms with van der Waals surface area (Å²) in [7, 11) is 3.77. The van der Waals surface area contributed by atoms with Crippen LogP contribution in [0.1, 0.15) is 11.6 Å². The van der Waals surface area contributed by atoms with Gasteiger partial charge < -0.3 is 14.7 Å². The van der Waals surface area contributed by atoms with Gasteiger partial charge in [0.15, 0.2) is 0 Å². The molecular formula is C13H18F2N2O3. The predicted octanol–water partition coefficient (Wildman–Crippen LogP) is 1.56. The Hall–Kier alpha value is -1.73. The van der Waals surface area contributed by atoms with Crippen molar-refractivity contribution in [2.75, 3.05) is 27.2 Å². The molecule has 0 aliphatic rings. The molecule has 0 aliphatic carbocycles. The molecule has 0 spiro atoms. The average Bonchev–Trinajstić information content (AvgIpc) is 2.34. The summed E-state index contributed by atoms with van der Waals surface area (Å²) in [6.45, 7) is -1.70. The number of likely N-dealkylation sites (N-methyl/N-ethyl adjacent to an activating group) is 1. The molecule has 0 aliphatic heterocycles. The third-order valence-corrected chi connectivity index (χ3v) is 2.59. The molecule has 1 atom stereocenters. The number of halogens is 2. The van der Waals surface area contributed by atoms with Gasteiger partial charge in [0.2, 0.25) is 0 Å². The Morgan fingerprint density at radius 2 is 1.95 bits per heavy atom. The lowest BCUT2D eigenvalue weighted by atomic mass is 10.1. The highest BCUT2D eigenvalue weighted by atomic mass is 19.3. The van der Waals surface area contributed by atoms with E-state index in [-0.39, 0.29) is 5.75 Å². The number of benzene rings is 1. The molecule has 0 radical (unpaired) electrons. The molecule has 1 unspecified atom stereocenters. The van der Waals surface area contributed by atoms with Crippen molar-refractivity contribution in [3.05, 3.63) is 29.8 Å². The molecule has 0 fully saturated rings. The Balaban J connectivity index is 2.69. The summed E-state index contributed by atoms with van der Waals surface area (Å²) < 4.78 is 28.2. The maximum Gasteiger partial charge on any atom is 0.387 e. The van der Waals surface area contributed by atoms with E-state index in [0.717, 1.165) is 0 Å². The van der Waals surface area contributed by atoms with Crippen molar-refractivity contribution in [1.29, 1.82) is 0 Å². The SMILES string of the molecule is CN(C)CCNC(C(=O)O)c1ccc(OC(F)F)cc1. The molecule has 112 valence electrons. The first-order valence-corrected chi connectivity index (χ1v) is 6.06. The molecule has 0 aromatic heterocycles. The van der Waals surface area contributed by atoms with Crippen LogP contribution in [0.3, 0.4) is 0 Å². The van der Waals surface area contributed by atoms with E-state index in [2.05, 4.69) is 10.1 Å². The second-order valence-corrected chi connectivity index (χ2v) is 4.48. The number of hydrogen-bond acceptors (Lipinski definition) is 4. The van der Waals surface area contributed by atoms with E-state index < -0.39 is 18.6 Å². The number of carbonyl (C=O) groups is 1. The molecular weight excluding hydrogens is 270 g/mol. The molecule has 1 aromatic rings. The molecule has 0 bridgehead atoms. The van der Waals surface area contributed by atoms with E-state index in [9.17, 15) is 18.7 Å². The first-order chi connectivity index (χ1) is 9.40. The van der Waals surface area contributed by atoms with Crippen LogP contribution in [0.5, 0.6) is 5.75 Å². The maximum absolute atomic E-state index is 12.0. The van der Waals surface area contributed by atoms with Gasteiger partial charge in [0.1, 0.15) is 11.8 Å². The molecule has 7 heteroatoms. The summed E-state index contributed by atoms with van der Waals surface area (Å²) >= 11 is 0. The largest absolute Gasteiger partial charge is 0.480 e. The third-order valence-electron chi connectivity index (χ3n) is 2.59. The van der Waals surface area contributed by atoms with Crippen molar-refractivity contribution in [2.45, 2.75) is 12.7 Å². The third kappa shape index (κ3) is 5.50. The predicted molar refractivity (Wildman–Crippen MR) is 70.0 cm³/mol. The van der Waals surface area contributed by atoms with Crippen molar-refractivity contribution in [2.24, 2.45) is 0 Å². The second-order valence-electron chi connectivity index (χ2n) is 4.48. The average molecular weight is 288 g/mol. The Morgan fingerprint density at radius 1 is 1.35 bits per heavy atom. The van der Waals surface area contributed by atoms with Gasteiger partial charge in [0.05, 0.1) is 0 Å². The van der Waals surface area contributed by atoms with Crippen molar-refractivity contribution >= 4 is 5.97 Å². The lowest BCUT2D eigenvalue weighted by Gasteiger charge is -2.17. The van der Waals surface area contributed by atoms with Crippen molar-refractivity contribution in [3.8, 4) is 5.75 Å². The summed E-state index contributed by atoms with van der Waals surface area (Å²) in [4.78, 5) is 13.1. The summed E-state index contributed by atoms with van der Waals surface area (Å²) in [5, 5.41) is 12.1. The number of alkyl halides is 2. The highest BCUT2D eigenvalue weighted by Crippen LogP contribution is 2.19. The normalized spacial score (nSPS) is 12.7. The van der Waals surface area contributed by atoms with E-state index in [1.165, 1.54) is 24.3 Å². The molecule has 0 amide bonds. The van der Waals surface area contributed by atoms with Gasteiger partial charge in [-0.1, -0.05) is 12.1 Å². The number of carboxylic acid groups (broad SMARTS) is 1. The van der Waals surface area contributed by atoms with E-state index in [0.29, 0.717) is 18.7 Å². The van der Waals surface area contributed by atoms with Gasteiger partial charge in [0.25, 0.3) is 0 Å². The Morgan fingerprint density at radius 3 is 2.40 bits per heavy atom. The number of hydrogen-bond donors (Lipinski definition) is 2. The molecule has 20 heavy (non-hydrogen) atoms. The minimum Gasteiger partial charge on any atom is -0.480 e. The molecule has 1 rings (SSSR count). The fraction of sp³-hybridized carbons (Fsp3) is 0.462. The molecule has 2 N–H and O–H groups in total. The highest BCUT2D eigenvalue weighted by Gasteiger charge is 2.19. The van der Waals surface area contributed by atoms with Gasteiger partial charge in [-0.25, -0.2) is 0 Å². The lowest BCUT2D eigenvalue weighted by Crippen LogP contribution is -2.33. The smallest absolute Gasteiger partial charge is 0.387 e. The van der Waals surface area contributed by atoms with Crippen molar-refractivity contribution < 1.29 is 23.4 Å². The zero-order valence-corrected chi connectivity index (χ0v) is 11.3.